The Morgan fingerprint density at radius 3 is 2.22 bits per heavy atom. The Hall–Kier alpha value is -3.74. The molecule has 0 radical (unpaired) electrons. The molecule has 0 aliphatic rings. The number of fused-ring (bicyclic) bond motifs is 1. The van der Waals surface area contributed by atoms with E-state index in [2.05, 4.69) is 6.08 Å². The maximum atomic E-state index is 11.7. The van der Waals surface area contributed by atoms with Crippen LogP contribution in [0.25, 0.3) is 22.3 Å². The van der Waals surface area contributed by atoms with Gasteiger partial charge in [0.1, 0.15) is 34.3 Å². The number of furan rings is 1. The van der Waals surface area contributed by atoms with Crippen LogP contribution in [0.2, 0.25) is 0 Å². The third-order valence-corrected chi connectivity index (χ3v) is 4.71. The minimum Gasteiger partial charge on any atom is -0.496 e. The van der Waals surface area contributed by atoms with E-state index in [9.17, 15) is 9.59 Å². The number of esters is 2. The molecule has 32 heavy (non-hydrogen) atoms. The van der Waals surface area contributed by atoms with E-state index in [1.54, 1.807) is 26.4 Å². The van der Waals surface area contributed by atoms with Crippen LogP contribution in [0.3, 0.4) is 0 Å². The fourth-order valence-corrected chi connectivity index (χ4v) is 3.39. The summed E-state index contributed by atoms with van der Waals surface area (Å²) in [6, 6.07) is 8.39. The minimum atomic E-state index is -0.509. The van der Waals surface area contributed by atoms with Crippen LogP contribution in [0, 0.1) is 0 Å². The Labute approximate surface area is 186 Å². The summed E-state index contributed by atoms with van der Waals surface area (Å²) in [6.07, 6.45) is 2.74. The highest BCUT2D eigenvalue weighted by atomic mass is 16.5. The summed E-state index contributed by atoms with van der Waals surface area (Å²) in [5.41, 5.74) is 3.18. The number of carbonyl (C=O) groups is 2. The lowest BCUT2D eigenvalue weighted by atomic mass is 10.0. The molecule has 168 valence electrons. The average Bonchev–Trinajstić information content (AvgIpc) is 3.13. The molecule has 0 spiro atoms. The molecule has 7 nitrogen and oxygen atoms in total. The van der Waals surface area contributed by atoms with Crippen LogP contribution in [0.1, 0.15) is 33.3 Å². The molecule has 2 aromatic carbocycles. The molecule has 1 aromatic heterocycles. The fraction of sp³-hybridized carbons (Fsp3) is 0.280. The van der Waals surface area contributed by atoms with Gasteiger partial charge in [-0.2, -0.15) is 0 Å². The largest absolute Gasteiger partial charge is 0.496 e. The zero-order valence-corrected chi connectivity index (χ0v) is 19.0. The molecule has 3 aromatic rings. The molecule has 0 amide bonds. The molecular weight excluding hydrogens is 412 g/mol. The molecule has 0 N–H and O–H groups in total. The van der Waals surface area contributed by atoms with Crippen LogP contribution in [0.5, 0.6) is 23.0 Å². The quantitative estimate of drug-likeness (QED) is 0.274. The van der Waals surface area contributed by atoms with Gasteiger partial charge in [0.05, 0.1) is 25.2 Å². The van der Waals surface area contributed by atoms with Crippen molar-refractivity contribution in [3.05, 3.63) is 47.5 Å². The molecule has 0 saturated carbocycles. The third kappa shape index (κ3) is 4.94. The van der Waals surface area contributed by atoms with Gasteiger partial charge in [-0.1, -0.05) is 11.6 Å². The number of methoxy groups -OCH3 is 2. The lowest BCUT2D eigenvalue weighted by Gasteiger charge is -2.12. The van der Waals surface area contributed by atoms with E-state index in [1.165, 1.54) is 25.5 Å². The Morgan fingerprint density at radius 2 is 1.62 bits per heavy atom. The van der Waals surface area contributed by atoms with Crippen LogP contribution in [0.15, 0.2) is 46.4 Å². The van der Waals surface area contributed by atoms with Gasteiger partial charge in [-0.3, -0.25) is 9.59 Å². The summed E-state index contributed by atoms with van der Waals surface area (Å²) in [7, 11) is 3.20. The molecule has 0 atom stereocenters. The second-order valence-corrected chi connectivity index (χ2v) is 7.44. The van der Waals surface area contributed by atoms with Gasteiger partial charge < -0.3 is 23.4 Å². The highest BCUT2D eigenvalue weighted by molar-refractivity contribution is 5.92. The number of ether oxygens (including phenoxy) is 4. The summed E-state index contributed by atoms with van der Waals surface area (Å²) < 4.78 is 27.9. The molecule has 1 heterocycles. The summed E-state index contributed by atoms with van der Waals surface area (Å²) >= 11 is 0. The standard InChI is InChI=1S/C25H26O7/c1-14(2)7-9-19-21(28-5)13-24-20(25(19)29-6)12-23(32-24)18-10-8-17(30-15(3)26)11-22(18)31-16(4)27/h7-8,10-13H,9H2,1-6H3. The number of allylic oxidation sites excluding steroid dienone is 2. The molecule has 0 bridgehead atoms. The molecule has 0 aliphatic carbocycles. The zero-order valence-electron chi connectivity index (χ0n) is 19.0. The second kappa shape index (κ2) is 9.60. The molecule has 0 unspecified atom stereocenters. The summed E-state index contributed by atoms with van der Waals surface area (Å²) in [5.74, 6) is 1.25. The van der Waals surface area contributed by atoms with Gasteiger partial charge in [0, 0.05) is 31.5 Å². The number of hydrogen-bond donors (Lipinski definition) is 0. The molecule has 0 aliphatic heterocycles. The van der Waals surface area contributed by atoms with Gasteiger partial charge in [0.15, 0.2) is 0 Å². The molecule has 3 rings (SSSR count). The summed E-state index contributed by atoms with van der Waals surface area (Å²) in [4.78, 5) is 23.0. The van der Waals surface area contributed by atoms with Gasteiger partial charge in [-0.15, -0.1) is 0 Å². The van der Waals surface area contributed by atoms with Gasteiger partial charge >= 0.3 is 11.9 Å². The predicted molar refractivity (Wildman–Crippen MR) is 121 cm³/mol. The molecule has 0 fully saturated rings. The number of hydrogen-bond acceptors (Lipinski definition) is 7. The number of rotatable bonds is 7. The Morgan fingerprint density at radius 1 is 0.906 bits per heavy atom. The van der Waals surface area contributed by atoms with Gasteiger partial charge in [-0.05, 0) is 38.5 Å². The molecule has 7 heteroatoms. The zero-order chi connectivity index (χ0) is 23.4. The summed E-state index contributed by atoms with van der Waals surface area (Å²) in [5, 5.41) is 0.762. The topological polar surface area (TPSA) is 84.2 Å². The first-order valence-corrected chi connectivity index (χ1v) is 10.1. The normalized spacial score (nSPS) is 10.6. The first-order chi connectivity index (χ1) is 15.2. The van der Waals surface area contributed by atoms with E-state index in [4.69, 9.17) is 23.4 Å². The van der Waals surface area contributed by atoms with Crippen LogP contribution in [0.4, 0.5) is 0 Å². The highest BCUT2D eigenvalue weighted by Crippen LogP contribution is 2.43. The number of carbonyl (C=O) groups excluding carboxylic acids is 2. The van der Waals surface area contributed by atoms with Crippen molar-refractivity contribution in [2.45, 2.75) is 34.1 Å². The van der Waals surface area contributed by atoms with E-state index in [0.717, 1.165) is 10.9 Å². The minimum absolute atomic E-state index is 0.214. The van der Waals surface area contributed by atoms with Crippen molar-refractivity contribution >= 4 is 22.9 Å². The van der Waals surface area contributed by atoms with Gasteiger partial charge in [0.25, 0.3) is 0 Å². The SMILES string of the molecule is COc1cc2oc(-c3ccc(OC(C)=O)cc3OC(C)=O)cc2c(OC)c1CC=C(C)C. The first kappa shape index (κ1) is 22.9. The monoisotopic (exact) mass is 438 g/mol. The van der Waals surface area contributed by atoms with Crippen molar-refractivity contribution < 1.29 is 33.0 Å². The predicted octanol–water partition coefficient (Wildman–Crippen LogP) is 5.48. The van der Waals surface area contributed by atoms with Crippen LogP contribution in [-0.4, -0.2) is 26.2 Å². The van der Waals surface area contributed by atoms with Crippen molar-refractivity contribution in [3.8, 4) is 34.3 Å². The van der Waals surface area contributed by atoms with Crippen molar-refractivity contribution in [1.82, 2.24) is 0 Å². The van der Waals surface area contributed by atoms with Crippen molar-refractivity contribution in [1.29, 1.82) is 0 Å². The van der Waals surface area contributed by atoms with Crippen LogP contribution in [-0.2, 0) is 16.0 Å². The average molecular weight is 438 g/mol. The number of benzene rings is 2. The smallest absolute Gasteiger partial charge is 0.308 e. The van der Waals surface area contributed by atoms with Crippen molar-refractivity contribution in [2.75, 3.05) is 14.2 Å². The van der Waals surface area contributed by atoms with E-state index in [1.807, 2.05) is 26.0 Å². The summed E-state index contributed by atoms with van der Waals surface area (Å²) in [6.45, 7) is 6.66. The Bertz CT molecular complexity index is 1200. The Balaban J connectivity index is 2.18. The maximum Gasteiger partial charge on any atom is 0.308 e. The van der Waals surface area contributed by atoms with E-state index < -0.39 is 11.9 Å². The van der Waals surface area contributed by atoms with E-state index >= 15 is 0 Å². The molecular formula is C25H26O7. The first-order valence-electron chi connectivity index (χ1n) is 10.1. The highest BCUT2D eigenvalue weighted by Gasteiger charge is 2.21. The van der Waals surface area contributed by atoms with E-state index in [0.29, 0.717) is 34.8 Å². The third-order valence-electron chi connectivity index (χ3n) is 4.71. The fourth-order valence-electron chi connectivity index (χ4n) is 3.39. The molecule has 0 saturated heterocycles. The van der Waals surface area contributed by atoms with Crippen LogP contribution < -0.4 is 18.9 Å². The lowest BCUT2D eigenvalue weighted by molar-refractivity contribution is -0.132. The van der Waals surface area contributed by atoms with Crippen LogP contribution >= 0.6 is 0 Å². The maximum absolute atomic E-state index is 11.7. The van der Waals surface area contributed by atoms with E-state index in [-0.39, 0.29) is 11.5 Å². The van der Waals surface area contributed by atoms with Gasteiger partial charge in [0.2, 0.25) is 0 Å². The van der Waals surface area contributed by atoms with Crippen molar-refractivity contribution in [3.63, 3.8) is 0 Å². The van der Waals surface area contributed by atoms with Gasteiger partial charge in [-0.25, -0.2) is 0 Å². The lowest BCUT2D eigenvalue weighted by Crippen LogP contribution is -2.05. The van der Waals surface area contributed by atoms with Crippen molar-refractivity contribution in [2.24, 2.45) is 0 Å². The second-order valence-electron chi connectivity index (χ2n) is 7.44. The Kier molecular flexibility index (Phi) is 6.88.